The molecule has 0 saturated carbocycles. The Morgan fingerprint density at radius 3 is 2.53 bits per heavy atom. The topological polar surface area (TPSA) is 34.4 Å². The fourth-order valence-electron chi connectivity index (χ4n) is 1.45. The van der Waals surface area contributed by atoms with Gasteiger partial charge in [-0.3, -0.25) is 0 Å². The van der Waals surface area contributed by atoms with Crippen LogP contribution in [0.1, 0.15) is 11.5 Å². The van der Waals surface area contributed by atoms with E-state index in [-0.39, 0.29) is 0 Å². The highest BCUT2D eigenvalue weighted by atomic mass is 35.5. The van der Waals surface area contributed by atoms with Crippen LogP contribution in [0.5, 0.6) is 5.75 Å². The number of halogens is 1. The number of benzene rings is 1. The molecule has 0 amide bonds. The van der Waals surface area contributed by atoms with Crippen LogP contribution in [0.3, 0.4) is 0 Å². The van der Waals surface area contributed by atoms with E-state index in [9.17, 15) is 0 Å². The van der Waals surface area contributed by atoms with E-state index in [0.29, 0.717) is 11.6 Å². The molecule has 1 aromatic carbocycles. The van der Waals surface area contributed by atoms with Crippen molar-refractivity contribution in [2.45, 2.75) is 13.2 Å². The normalized spacial score (nSPS) is 10.5. The molecule has 1 N–H and O–H groups in total. The lowest BCUT2D eigenvalue weighted by molar-refractivity contribution is 0.265. The van der Waals surface area contributed by atoms with Crippen LogP contribution in [0.2, 0.25) is 5.02 Å². The molecule has 0 aliphatic heterocycles. The molecule has 0 aliphatic carbocycles. The molecule has 0 saturated heterocycles. The van der Waals surface area contributed by atoms with E-state index in [1.54, 1.807) is 12.1 Å². The average Bonchev–Trinajstić information content (AvgIpc) is 2.77. The number of hydrogen-bond acceptors (Lipinski definition) is 3. The minimum absolute atomic E-state index is 0.422. The van der Waals surface area contributed by atoms with Crippen LogP contribution in [0.4, 0.5) is 0 Å². The van der Waals surface area contributed by atoms with Crippen LogP contribution in [0.25, 0.3) is 0 Å². The molecule has 2 rings (SSSR count). The van der Waals surface area contributed by atoms with Gasteiger partial charge in [-0.05, 0) is 43.4 Å². The Morgan fingerprint density at radius 2 is 1.82 bits per heavy atom. The molecule has 0 fully saturated rings. The van der Waals surface area contributed by atoms with E-state index in [1.807, 2.05) is 31.3 Å². The SMILES string of the molecule is CNCc1ccc(COc2ccc(Cl)cc2)o1. The largest absolute Gasteiger partial charge is 0.486 e. The molecule has 0 atom stereocenters. The molecular weight excluding hydrogens is 238 g/mol. The van der Waals surface area contributed by atoms with Crippen LogP contribution in [0.15, 0.2) is 40.8 Å². The second kappa shape index (κ2) is 5.75. The van der Waals surface area contributed by atoms with Gasteiger partial charge in [-0.2, -0.15) is 0 Å². The summed E-state index contributed by atoms with van der Waals surface area (Å²) in [6.07, 6.45) is 0. The van der Waals surface area contributed by atoms with Crippen molar-refractivity contribution < 1.29 is 9.15 Å². The van der Waals surface area contributed by atoms with Gasteiger partial charge in [0.25, 0.3) is 0 Å². The highest BCUT2D eigenvalue weighted by molar-refractivity contribution is 6.30. The van der Waals surface area contributed by atoms with Gasteiger partial charge in [-0.1, -0.05) is 11.6 Å². The Bertz CT molecular complexity index is 465. The highest BCUT2D eigenvalue weighted by Gasteiger charge is 2.02. The third-order valence-electron chi connectivity index (χ3n) is 2.26. The Labute approximate surface area is 105 Å². The Hall–Kier alpha value is -1.45. The second-order valence-electron chi connectivity index (χ2n) is 3.64. The fraction of sp³-hybridized carbons (Fsp3) is 0.231. The van der Waals surface area contributed by atoms with Gasteiger partial charge in [-0.15, -0.1) is 0 Å². The zero-order valence-electron chi connectivity index (χ0n) is 9.57. The van der Waals surface area contributed by atoms with E-state index in [0.717, 1.165) is 23.8 Å². The molecular formula is C13H14ClNO2. The maximum absolute atomic E-state index is 5.79. The Balaban J connectivity index is 1.90. The third-order valence-corrected chi connectivity index (χ3v) is 2.52. The van der Waals surface area contributed by atoms with Crippen molar-refractivity contribution in [2.24, 2.45) is 0 Å². The van der Waals surface area contributed by atoms with Gasteiger partial charge >= 0.3 is 0 Å². The lowest BCUT2D eigenvalue weighted by atomic mass is 10.3. The third kappa shape index (κ3) is 3.51. The molecule has 90 valence electrons. The summed E-state index contributed by atoms with van der Waals surface area (Å²) in [6, 6.07) is 11.1. The summed E-state index contributed by atoms with van der Waals surface area (Å²) in [5.74, 6) is 2.49. The lowest BCUT2D eigenvalue weighted by Crippen LogP contribution is -2.03. The zero-order valence-corrected chi connectivity index (χ0v) is 10.3. The second-order valence-corrected chi connectivity index (χ2v) is 4.08. The molecule has 3 nitrogen and oxygen atoms in total. The fourth-order valence-corrected chi connectivity index (χ4v) is 1.58. The molecule has 1 heterocycles. The molecule has 0 aliphatic rings. The first-order valence-electron chi connectivity index (χ1n) is 5.38. The first kappa shape index (κ1) is 12.0. The van der Waals surface area contributed by atoms with E-state index in [4.69, 9.17) is 20.8 Å². The van der Waals surface area contributed by atoms with Crippen molar-refractivity contribution in [3.8, 4) is 5.75 Å². The predicted octanol–water partition coefficient (Wildman–Crippen LogP) is 3.23. The van der Waals surface area contributed by atoms with Crippen molar-refractivity contribution in [2.75, 3.05) is 7.05 Å². The zero-order chi connectivity index (χ0) is 12.1. The maximum atomic E-state index is 5.79. The monoisotopic (exact) mass is 251 g/mol. The summed E-state index contributed by atoms with van der Waals surface area (Å²) >= 11 is 5.79. The quantitative estimate of drug-likeness (QED) is 0.886. The minimum Gasteiger partial charge on any atom is -0.486 e. The van der Waals surface area contributed by atoms with E-state index in [2.05, 4.69) is 5.32 Å². The predicted molar refractivity (Wildman–Crippen MR) is 67.3 cm³/mol. The summed E-state index contributed by atoms with van der Waals surface area (Å²) in [5.41, 5.74) is 0. The molecule has 17 heavy (non-hydrogen) atoms. The van der Waals surface area contributed by atoms with Crippen LogP contribution in [0, 0.1) is 0 Å². The smallest absolute Gasteiger partial charge is 0.146 e. The number of furan rings is 1. The van der Waals surface area contributed by atoms with Gasteiger partial charge in [-0.25, -0.2) is 0 Å². The summed E-state index contributed by atoms with van der Waals surface area (Å²) in [7, 11) is 1.88. The lowest BCUT2D eigenvalue weighted by Gasteiger charge is -2.03. The average molecular weight is 252 g/mol. The number of nitrogens with one attached hydrogen (secondary N) is 1. The molecule has 0 bridgehead atoms. The molecule has 0 spiro atoms. The van der Waals surface area contributed by atoms with Crippen LogP contribution in [-0.4, -0.2) is 7.05 Å². The van der Waals surface area contributed by atoms with Crippen molar-refractivity contribution >= 4 is 11.6 Å². The van der Waals surface area contributed by atoms with Crippen LogP contribution >= 0.6 is 11.6 Å². The molecule has 2 aromatic rings. The van der Waals surface area contributed by atoms with Gasteiger partial charge < -0.3 is 14.5 Å². The van der Waals surface area contributed by atoms with Gasteiger partial charge in [0.15, 0.2) is 0 Å². The minimum atomic E-state index is 0.422. The van der Waals surface area contributed by atoms with Crippen molar-refractivity contribution in [1.82, 2.24) is 5.32 Å². The van der Waals surface area contributed by atoms with Gasteiger partial charge in [0.05, 0.1) is 6.54 Å². The molecule has 0 unspecified atom stereocenters. The van der Waals surface area contributed by atoms with Gasteiger partial charge in [0, 0.05) is 5.02 Å². The highest BCUT2D eigenvalue weighted by Crippen LogP contribution is 2.17. The summed E-state index contributed by atoms with van der Waals surface area (Å²) in [6.45, 7) is 1.15. The van der Waals surface area contributed by atoms with Crippen molar-refractivity contribution in [3.05, 3.63) is 52.9 Å². The first-order chi connectivity index (χ1) is 8.28. The summed E-state index contributed by atoms with van der Waals surface area (Å²) in [4.78, 5) is 0. The molecule has 4 heteroatoms. The number of ether oxygens (including phenoxy) is 1. The van der Waals surface area contributed by atoms with E-state index < -0.39 is 0 Å². The van der Waals surface area contributed by atoms with Gasteiger partial charge in [0.1, 0.15) is 23.9 Å². The standard InChI is InChI=1S/C13H14ClNO2/c1-15-8-12-6-7-13(17-12)9-16-11-4-2-10(14)3-5-11/h2-7,15H,8-9H2,1H3. The Morgan fingerprint density at radius 1 is 1.12 bits per heavy atom. The van der Waals surface area contributed by atoms with Crippen molar-refractivity contribution in [3.63, 3.8) is 0 Å². The molecule has 1 aromatic heterocycles. The van der Waals surface area contributed by atoms with Gasteiger partial charge in [0.2, 0.25) is 0 Å². The van der Waals surface area contributed by atoms with E-state index in [1.165, 1.54) is 0 Å². The Kier molecular flexibility index (Phi) is 4.07. The summed E-state index contributed by atoms with van der Waals surface area (Å²) in [5, 5.41) is 3.73. The van der Waals surface area contributed by atoms with Crippen LogP contribution < -0.4 is 10.1 Å². The summed E-state index contributed by atoms with van der Waals surface area (Å²) < 4.78 is 11.1. The number of hydrogen-bond donors (Lipinski definition) is 1. The van der Waals surface area contributed by atoms with Crippen molar-refractivity contribution in [1.29, 1.82) is 0 Å². The van der Waals surface area contributed by atoms with Crippen LogP contribution in [-0.2, 0) is 13.2 Å². The molecule has 0 radical (unpaired) electrons. The number of rotatable bonds is 5. The van der Waals surface area contributed by atoms with E-state index >= 15 is 0 Å². The first-order valence-corrected chi connectivity index (χ1v) is 5.76. The maximum Gasteiger partial charge on any atom is 0.146 e.